The molecule has 5 rings (SSSR count). The number of aromatic nitrogens is 1. The number of nitrogens with zero attached hydrogens (tertiary/aromatic N) is 1. The molecule has 0 radical (unpaired) electrons. The second kappa shape index (κ2) is 7.96. The highest BCUT2D eigenvalue weighted by Crippen LogP contribution is 2.55. The number of aromatic amines is 1. The smallest absolute Gasteiger partial charge is 0.335 e. The summed E-state index contributed by atoms with van der Waals surface area (Å²) in [5.41, 5.74) is 5.48. The minimum Gasteiger partial charge on any atom is -0.496 e. The van der Waals surface area contributed by atoms with Gasteiger partial charge >= 0.3 is 5.97 Å². The predicted octanol–water partition coefficient (Wildman–Crippen LogP) is 5.94. The first-order valence-corrected chi connectivity index (χ1v) is 11.6. The molecule has 1 saturated heterocycles. The molecule has 5 nitrogen and oxygen atoms in total. The Morgan fingerprint density at radius 1 is 1.25 bits per heavy atom. The van der Waals surface area contributed by atoms with Crippen LogP contribution in [0.25, 0.3) is 10.9 Å². The molecule has 2 N–H and O–H groups in total. The zero-order valence-corrected chi connectivity index (χ0v) is 19.1. The van der Waals surface area contributed by atoms with E-state index in [0.717, 1.165) is 31.2 Å². The highest BCUT2D eigenvalue weighted by molar-refractivity contribution is 5.88. The van der Waals surface area contributed by atoms with Gasteiger partial charge in [0.25, 0.3) is 0 Å². The first-order chi connectivity index (χ1) is 15.4. The van der Waals surface area contributed by atoms with Crippen LogP contribution in [0.5, 0.6) is 5.75 Å². The summed E-state index contributed by atoms with van der Waals surface area (Å²) in [5.74, 6) is 0.889. The zero-order valence-electron chi connectivity index (χ0n) is 19.1. The van der Waals surface area contributed by atoms with Crippen LogP contribution in [0.2, 0.25) is 0 Å². The van der Waals surface area contributed by atoms with E-state index in [4.69, 9.17) is 4.74 Å². The Balaban J connectivity index is 1.52. The molecule has 0 spiro atoms. The maximum absolute atomic E-state index is 11.4. The molecular weight excluding hydrogens is 400 g/mol. The largest absolute Gasteiger partial charge is 0.496 e. The van der Waals surface area contributed by atoms with Crippen LogP contribution < -0.4 is 4.74 Å². The summed E-state index contributed by atoms with van der Waals surface area (Å²) in [6.07, 6.45) is 7.00. The molecule has 2 heterocycles. The molecule has 168 valence electrons. The number of hydrogen-bond acceptors (Lipinski definition) is 3. The predicted molar refractivity (Wildman–Crippen MR) is 126 cm³/mol. The Bertz CT molecular complexity index is 1150. The van der Waals surface area contributed by atoms with Crippen molar-refractivity contribution in [2.45, 2.75) is 52.1 Å². The van der Waals surface area contributed by atoms with Gasteiger partial charge in [-0.2, -0.15) is 0 Å². The van der Waals surface area contributed by atoms with Crippen molar-refractivity contribution in [2.24, 2.45) is 11.3 Å². The van der Waals surface area contributed by atoms with Crippen molar-refractivity contribution >= 4 is 16.9 Å². The minimum atomic E-state index is -0.876. The van der Waals surface area contributed by atoms with Crippen molar-refractivity contribution in [2.75, 3.05) is 13.7 Å². The number of fused-ring (bicyclic) bond motifs is 1. The van der Waals surface area contributed by atoms with E-state index in [9.17, 15) is 9.90 Å². The molecule has 1 aliphatic carbocycles. The molecule has 2 atom stereocenters. The molecule has 1 aliphatic heterocycles. The summed E-state index contributed by atoms with van der Waals surface area (Å²) in [4.78, 5) is 17.3. The number of aromatic carboxylic acids is 1. The molecule has 1 saturated carbocycles. The molecule has 3 aromatic rings. The lowest BCUT2D eigenvalue weighted by Gasteiger charge is -2.46. The summed E-state index contributed by atoms with van der Waals surface area (Å²) in [7, 11) is 1.75. The lowest BCUT2D eigenvalue weighted by Crippen LogP contribution is -2.41. The van der Waals surface area contributed by atoms with Crippen molar-refractivity contribution in [3.8, 4) is 5.75 Å². The van der Waals surface area contributed by atoms with E-state index in [1.165, 1.54) is 46.9 Å². The van der Waals surface area contributed by atoms with Crippen molar-refractivity contribution < 1.29 is 14.6 Å². The van der Waals surface area contributed by atoms with Gasteiger partial charge in [0, 0.05) is 35.2 Å². The average molecular weight is 433 g/mol. The molecular formula is C27H32N2O3. The Hall–Kier alpha value is -2.79. The fourth-order valence-electron chi connectivity index (χ4n) is 5.73. The van der Waals surface area contributed by atoms with E-state index in [2.05, 4.69) is 35.9 Å². The summed E-state index contributed by atoms with van der Waals surface area (Å²) in [5, 5.41) is 10.5. The number of hydrogen-bond donors (Lipinski definition) is 2. The Labute approximate surface area is 189 Å². The van der Waals surface area contributed by atoms with Crippen LogP contribution in [0.3, 0.4) is 0 Å². The third-order valence-corrected chi connectivity index (χ3v) is 7.87. The van der Waals surface area contributed by atoms with E-state index in [1.54, 1.807) is 19.2 Å². The maximum Gasteiger partial charge on any atom is 0.335 e. The van der Waals surface area contributed by atoms with Crippen molar-refractivity contribution in [1.29, 1.82) is 0 Å². The number of carboxylic acid groups (broad SMARTS) is 1. The van der Waals surface area contributed by atoms with E-state index >= 15 is 0 Å². The zero-order chi connectivity index (χ0) is 22.5. The van der Waals surface area contributed by atoms with Crippen molar-refractivity contribution in [3.63, 3.8) is 0 Å². The molecule has 0 amide bonds. The van der Waals surface area contributed by atoms with Gasteiger partial charge < -0.3 is 14.8 Å². The topological polar surface area (TPSA) is 65.6 Å². The first-order valence-electron chi connectivity index (χ1n) is 11.6. The number of carbonyl (C=O) groups is 1. The SMILES string of the molecule is COc1cc(C)c2[nH]ccc2c1CN1CC[C@](C)(C2CC2)C[C@H]1c1ccc(C(=O)O)cc1. The van der Waals surface area contributed by atoms with Crippen LogP contribution in [0.1, 0.15) is 65.7 Å². The third kappa shape index (κ3) is 3.69. The third-order valence-electron chi connectivity index (χ3n) is 7.87. The van der Waals surface area contributed by atoms with Gasteiger partial charge in [0.2, 0.25) is 0 Å². The molecule has 2 aliphatic rings. The Morgan fingerprint density at radius 2 is 2.00 bits per heavy atom. The van der Waals surface area contributed by atoms with Gasteiger partial charge in [0.1, 0.15) is 5.75 Å². The van der Waals surface area contributed by atoms with Gasteiger partial charge in [-0.1, -0.05) is 19.1 Å². The lowest BCUT2D eigenvalue weighted by molar-refractivity contribution is 0.0393. The molecule has 0 unspecified atom stereocenters. The van der Waals surface area contributed by atoms with Gasteiger partial charge in [-0.25, -0.2) is 4.79 Å². The fourth-order valence-corrected chi connectivity index (χ4v) is 5.73. The number of methoxy groups -OCH3 is 1. The second-order valence-electron chi connectivity index (χ2n) is 9.94. The number of H-pyrrole nitrogens is 1. The van der Waals surface area contributed by atoms with Crippen LogP contribution in [0.15, 0.2) is 42.6 Å². The molecule has 32 heavy (non-hydrogen) atoms. The van der Waals surface area contributed by atoms with Gasteiger partial charge in [-0.05, 0) is 85.9 Å². The second-order valence-corrected chi connectivity index (χ2v) is 9.94. The number of carboxylic acids is 1. The minimum absolute atomic E-state index is 0.261. The number of benzene rings is 2. The summed E-state index contributed by atoms with van der Waals surface area (Å²) < 4.78 is 5.81. The quantitative estimate of drug-likeness (QED) is 0.506. The molecule has 5 heteroatoms. The Morgan fingerprint density at radius 3 is 2.66 bits per heavy atom. The maximum atomic E-state index is 11.4. The van der Waals surface area contributed by atoms with Gasteiger partial charge in [0.15, 0.2) is 0 Å². The number of ether oxygens (including phenoxy) is 1. The summed E-state index contributed by atoms with van der Waals surface area (Å²) in [6, 6.07) is 12.1. The fraction of sp³-hybridized carbons (Fsp3) is 0.444. The van der Waals surface area contributed by atoms with E-state index in [-0.39, 0.29) is 6.04 Å². The van der Waals surface area contributed by atoms with Crippen LogP contribution in [-0.4, -0.2) is 34.6 Å². The molecule has 1 aromatic heterocycles. The summed E-state index contributed by atoms with van der Waals surface area (Å²) in [6.45, 7) is 6.41. The van der Waals surface area contributed by atoms with Crippen molar-refractivity contribution in [3.05, 3.63) is 64.8 Å². The number of likely N-dealkylation sites (tertiary alicyclic amines) is 1. The number of nitrogens with one attached hydrogen (secondary N) is 1. The Kier molecular flexibility index (Phi) is 5.25. The number of piperidine rings is 1. The van der Waals surface area contributed by atoms with Gasteiger partial charge in [0.05, 0.1) is 12.7 Å². The van der Waals surface area contributed by atoms with E-state index in [1.807, 2.05) is 18.3 Å². The monoisotopic (exact) mass is 432 g/mol. The van der Waals surface area contributed by atoms with Crippen LogP contribution in [0.4, 0.5) is 0 Å². The lowest BCUT2D eigenvalue weighted by atomic mass is 9.71. The molecule has 2 aromatic carbocycles. The van der Waals surface area contributed by atoms with Gasteiger partial charge in [-0.15, -0.1) is 0 Å². The van der Waals surface area contributed by atoms with Crippen molar-refractivity contribution in [1.82, 2.24) is 9.88 Å². The number of aryl methyl sites for hydroxylation is 1. The summed E-state index contributed by atoms with van der Waals surface area (Å²) >= 11 is 0. The standard InChI is InChI=1S/C27H32N2O3/c1-17-14-24(32-3)22(21-10-12-28-25(17)21)16-29-13-11-27(2,20-8-9-20)15-23(29)18-4-6-19(7-5-18)26(30)31/h4-7,10,12,14,20,23,28H,8-9,11,13,15-16H2,1-3H3,(H,30,31)/t23-,27-/m0/s1. The number of rotatable bonds is 6. The highest BCUT2D eigenvalue weighted by Gasteiger charge is 2.46. The average Bonchev–Trinajstić information content (AvgIpc) is 3.54. The van der Waals surface area contributed by atoms with Gasteiger partial charge in [-0.3, -0.25) is 4.90 Å². The molecule has 2 fully saturated rings. The normalized spacial score (nSPS) is 24.0. The van der Waals surface area contributed by atoms with E-state index in [0.29, 0.717) is 11.0 Å². The van der Waals surface area contributed by atoms with Crippen LogP contribution >= 0.6 is 0 Å². The first kappa shape index (κ1) is 21.1. The molecule has 0 bridgehead atoms. The van der Waals surface area contributed by atoms with Crippen LogP contribution in [-0.2, 0) is 6.54 Å². The highest BCUT2D eigenvalue weighted by atomic mass is 16.5. The van der Waals surface area contributed by atoms with Crippen LogP contribution in [0, 0.1) is 18.3 Å². The van der Waals surface area contributed by atoms with E-state index < -0.39 is 5.97 Å².